The van der Waals surface area contributed by atoms with E-state index in [0.29, 0.717) is 72.9 Å². The zero-order chi connectivity index (χ0) is 45.3. The van der Waals surface area contributed by atoms with Crippen LogP contribution in [0.1, 0.15) is 33.4 Å². The lowest BCUT2D eigenvalue weighted by atomic mass is 9.67. The van der Waals surface area contributed by atoms with Gasteiger partial charge in [0.1, 0.15) is 23.6 Å². The second-order valence-electron chi connectivity index (χ2n) is 15.8. The number of non-ortho nitro benzene ring substituents is 2. The monoisotopic (exact) mass is 850 g/mol. The van der Waals surface area contributed by atoms with E-state index in [4.69, 9.17) is 20.9 Å². The molecule has 65 heavy (non-hydrogen) atoms. The molecule has 2 aliphatic carbocycles. The molecule has 8 aromatic rings. The van der Waals surface area contributed by atoms with Crippen LogP contribution in [0.15, 0.2) is 146 Å². The summed E-state index contributed by atoms with van der Waals surface area (Å²) in [5, 5.41) is 46.0. The average molecular weight is 851 g/mol. The van der Waals surface area contributed by atoms with Crippen LogP contribution in [-0.4, -0.2) is 24.1 Å². The summed E-state index contributed by atoms with van der Waals surface area (Å²) in [5.74, 6) is 1.20. The van der Waals surface area contributed by atoms with Crippen LogP contribution in [-0.2, 0) is 5.41 Å². The quantitative estimate of drug-likeness (QED) is 0.0840. The number of ether oxygens (including phenoxy) is 2. The standard InChI is InChI=1S/C53H34N6O6/c1-64-36-17-11-29(12-18-36)46-49(39-22-16-35(59(62)63)24-32(39)28-55)50-48-42(38-21-15-34(58(60)61)23-31(38)27-54)25-33(56)26-45(48)53(43-9-5-3-7-40(43)41-8-4-6-10-44(41)53)51(50)47(52(46)57)30-13-19-37(65-2)20-14-30/h3-26H,56-57H2,1-2H3. The van der Waals surface area contributed by atoms with Crippen molar-refractivity contribution in [2.75, 3.05) is 25.7 Å². The zero-order valence-electron chi connectivity index (χ0n) is 34.7. The maximum Gasteiger partial charge on any atom is 0.270 e. The summed E-state index contributed by atoms with van der Waals surface area (Å²) in [6.45, 7) is 0. The summed E-state index contributed by atoms with van der Waals surface area (Å²) >= 11 is 0. The molecule has 0 unspecified atom stereocenters. The Morgan fingerprint density at radius 2 is 1.00 bits per heavy atom. The van der Waals surface area contributed by atoms with E-state index in [9.17, 15) is 30.8 Å². The van der Waals surface area contributed by atoms with Crippen LogP contribution < -0.4 is 20.9 Å². The highest BCUT2D eigenvalue weighted by Gasteiger charge is 2.55. The van der Waals surface area contributed by atoms with Gasteiger partial charge in [-0.05, 0) is 110 Å². The second-order valence-corrected chi connectivity index (χ2v) is 15.8. The van der Waals surface area contributed by atoms with E-state index in [-0.39, 0.29) is 22.5 Å². The van der Waals surface area contributed by atoms with E-state index in [1.54, 1.807) is 44.6 Å². The molecule has 10 rings (SSSR count). The molecule has 0 fully saturated rings. The molecule has 0 heterocycles. The fraction of sp³-hybridized carbons (Fsp3) is 0.0566. The van der Waals surface area contributed by atoms with Gasteiger partial charge in [-0.2, -0.15) is 10.5 Å². The van der Waals surface area contributed by atoms with E-state index in [2.05, 4.69) is 36.4 Å². The molecule has 12 heteroatoms. The Morgan fingerprint density at radius 1 is 0.508 bits per heavy atom. The van der Waals surface area contributed by atoms with E-state index >= 15 is 0 Å². The van der Waals surface area contributed by atoms with Crippen LogP contribution in [0.25, 0.3) is 66.8 Å². The van der Waals surface area contributed by atoms with Crippen LogP contribution in [0.3, 0.4) is 0 Å². The van der Waals surface area contributed by atoms with Crippen LogP contribution in [0.4, 0.5) is 22.7 Å². The number of anilines is 2. The minimum absolute atomic E-state index is 0.0209. The first-order valence-electron chi connectivity index (χ1n) is 20.4. The van der Waals surface area contributed by atoms with Crippen LogP contribution in [0.5, 0.6) is 11.5 Å². The van der Waals surface area contributed by atoms with Crippen molar-refractivity contribution < 1.29 is 19.3 Å². The third-order valence-electron chi connectivity index (χ3n) is 12.7. The number of hydrogen-bond donors (Lipinski definition) is 2. The van der Waals surface area contributed by atoms with Gasteiger partial charge in [-0.25, -0.2) is 0 Å². The number of nitrogens with two attached hydrogens (primary N) is 2. The molecular weight excluding hydrogens is 817 g/mol. The molecule has 312 valence electrons. The van der Waals surface area contributed by atoms with Crippen molar-refractivity contribution in [2.45, 2.75) is 5.41 Å². The maximum atomic E-state index is 12.3. The topological polar surface area (TPSA) is 204 Å². The number of nitro groups is 2. The minimum atomic E-state index is -1.17. The van der Waals surface area contributed by atoms with Crippen LogP contribution in [0.2, 0.25) is 0 Å². The van der Waals surface area contributed by atoms with Crippen molar-refractivity contribution in [3.63, 3.8) is 0 Å². The normalized spacial score (nSPS) is 12.3. The van der Waals surface area contributed by atoms with Crippen molar-refractivity contribution in [1.82, 2.24) is 0 Å². The lowest BCUT2D eigenvalue weighted by molar-refractivity contribution is -0.385. The van der Waals surface area contributed by atoms with Crippen molar-refractivity contribution in [3.8, 4) is 90.4 Å². The van der Waals surface area contributed by atoms with Crippen molar-refractivity contribution in [1.29, 1.82) is 10.5 Å². The SMILES string of the molecule is COc1ccc(-c2c(N)c(-c3ccc(OC)cc3)c3c(c2-c2ccc([N+](=O)[O-])cc2C#N)-c2c(-c4ccc([N+](=O)[O-])cc4C#N)cc(N)cc2C32c3ccccc3-c3ccccc32)cc1. The summed E-state index contributed by atoms with van der Waals surface area (Å²) in [5.41, 5.74) is 24.7. The Bertz CT molecular complexity index is 3410. The fourth-order valence-electron chi connectivity index (χ4n) is 10.1. The number of fused-ring (bicyclic) bond motifs is 10. The molecule has 0 aliphatic heterocycles. The molecule has 12 nitrogen and oxygen atoms in total. The Hall–Kier alpha value is -9.26. The van der Waals surface area contributed by atoms with Gasteiger partial charge in [-0.3, -0.25) is 20.2 Å². The Labute approximate surface area is 372 Å². The maximum absolute atomic E-state index is 12.3. The number of rotatable bonds is 8. The smallest absolute Gasteiger partial charge is 0.270 e. The van der Waals surface area contributed by atoms with E-state index in [1.165, 1.54) is 24.3 Å². The van der Waals surface area contributed by atoms with Crippen molar-refractivity contribution in [3.05, 3.63) is 199 Å². The van der Waals surface area contributed by atoms with E-state index in [0.717, 1.165) is 38.9 Å². The lowest BCUT2D eigenvalue weighted by Crippen LogP contribution is -2.27. The number of methoxy groups -OCH3 is 2. The van der Waals surface area contributed by atoms with E-state index < -0.39 is 15.3 Å². The predicted molar refractivity (Wildman–Crippen MR) is 249 cm³/mol. The summed E-state index contributed by atoms with van der Waals surface area (Å²) < 4.78 is 11.2. The molecule has 8 aromatic carbocycles. The van der Waals surface area contributed by atoms with Gasteiger partial charge in [-0.15, -0.1) is 0 Å². The van der Waals surface area contributed by atoms with Gasteiger partial charge in [0.05, 0.1) is 40.6 Å². The summed E-state index contributed by atoms with van der Waals surface area (Å²) in [6, 6.07) is 47.7. The summed E-state index contributed by atoms with van der Waals surface area (Å²) in [4.78, 5) is 23.3. The van der Waals surface area contributed by atoms with E-state index in [1.807, 2.05) is 66.7 Å². The van der Waals surface area contributed by atoms with Gasteiger partial charge in [0.2, 0.25) is 0 Å². The molecule has 1 spiro atoms. The molecule has 0 amide bonds. The first-order valence-corrected chi connectivity index (χ1v) is 20.4. The van der Waals surface area contributed by atoms with Crippen molar-refractivity contribution in [2.24, 2.45) is 0 Å². The Kier molecular flexibility index (Phi) is 9.18. The molecular formula is C53H34N6O6. The fourth-order valence-corrected chi connectivity index (χ4v) is 10.1. The molecule has 0 aromatic heterocycles. The van der Waals surface area contributed by atoms with Crippen molar-refractivity contribution >= 4 is 22.7 Å². The highest BCUT2D eigenvalue weighted by Crippen LogP contribution is 2.69. The van der Waals surface area contributed by atoms with Gasteiger partial charge in [0.15, 0.2) is 0 Å². The number of nitro benzene ring substituents is 2. The highest BCUT2D eigenvalue weighted by atomic mass is 16.6. The Balaban J connectivity index is 1.53. The molecule has 0 saturated carbocycles. The third-order valence-corrected chi connectivity index (χ3v) is 12.7. The number of nitriles is 2. The molecule has 0 atom stereocenters. The summed E-state index contributed by atoms with van der Waals surface area (Å²) in [7, 11) is 3.16. The minimum Gasteiger partial charge on any atom is -0.497 e. The first-order chi connectivity index (χ1) is 31.5. The predicted octanol–water partition coefficient (Wildman–Crippen LogP) is 11.4. The van der Waals surface area contributed by atoms with Gasteiger partial charge >= 0.3 is 0 Å². The molecule has 0 saturated heterocycles. The number of nitrogens with zero attached hydrogens (tertiary/aromatic N) is 4. The third kappa shape index (κ3) is 5.75. The largest absolute Gasteiger partial charge is 0.497 e. The van der Waals surface area contributed by atoms with Crippen LogP contribution in [0, 0.1) is 42.9 Å². The molecule has 0 radical (unpaired) electrons. The Morgan fingerprint density at radius 3 is 1.51 bits per heavy atom. The average Bonchev–Trinajstić information content (AvgIpc) is 3.80. The first kappa shape index (κ1) is 39.9. The van der Waals surface area contributed by atoms with Gasteiger partial charge in [0.25, 0.3) is 11.4 Å². The van der Waals surface area contributed by atoms with Gasteiger partial charge < -0.3 is 20.9 Å². The lowest BCUT2D eigenvalue weighted by Gasteiger charge is -2.34. The van der Waals surface area contributed by atoms with Crippen LogP contribution >= 0.6 is 0 Å². The zero-order valence-corrected chi connectivity index (χ0v) is 34.7. The molecule has 0 bridgehead atoms. The molecule has 4 N–H and O–H groups in total. The molecule has 2 aliphatic rings. The summed E-state index contributed by atoms with van der Waals surface area (Å²) in [6.07, 6.45) is 0. The number of nitrogen functional groups attached to an aromatic ring is 2. The highest BCUT2D eigenvalue weighted by molar-refractivity contribution is 6.16. The van der Waals surface area contributed by atoms with Gasteiger partial charge in [0, 0.05) is 63.5 Å². The number of benzene rings is 8. The second kappa shape index (κ2) is 15.0. The van der Waals surface area contributed by atoms with Gasteiger partial charge in [-0.1, -0.05) is 72.8 Å². The number of hydrogen-bond acceptors (Lipinski definition) is 10.